The number of rotatable bonds is 6. The summed E-state index contributed by atoms with van der Waals surface area (Å²) in [4.78, 5) is 11.7. The molecule has 0 saturated heterocycles. The van der Waals surface area contributed by atoms with Crippen LogP contribution in [0.2, 0.25) is 0 Å². The van der Waals surface area contributed by atoms with Crippen LogP contribution in [0.25, 0.3) is 0 Å². The Bertz CT molecular complexity index is 452. The molecule has 3 heteroatoms. The number of aryl methyl sites for hydroxylation is 1. The van der Waals surface area contributed by atoms with Crippen LogP contribution < -0.4 is 10.1 Å². The van der Waals surface area contributed by atoms with E-state index in [1.807, 2.05) is 19.1 Å². The molecule has 1 aliphatic rings. The van der Waals surface area contributed by atoms with Gasteiger partial charge in [0.1, 0.15) is 5.75 Å². The smallest absolute Gasteiger partial charge is 0.223 e. The number of benzene rings is 1. The van der Waals surface area contributed by atoms with Crippen molar-refractivity contribution in [2.75, 3.05) is 6.61 Å². The molecule has 104 valence electrons. The Hall–Kier alpha value is -1.51. The fourth-order valence-electron chi connectivity index (χ4n) is 2.17. The van der Waals surface area contributed by atoms with Gasteiger partial charge in [-0.25, -0.2) is 0 Å². The van der Waals surface area contributed by atoms with Gasteiger partial charge < -0.3 is 10.1 Å². The summed E-state index contributed by atoms with van der Waals surface area (Å²) in [5.41, 5.74) is 2.36. The monoisotopic (exact) mass is 261 g/mol. The molecule has 1 aromatic rings. The summed E-state index contributed by atoms with van der Waals surface area (Å²) in [6.45, 7) is 6.63. The molecular formula is C16H23NO2. The molecule has 1 N–H and O–H groups in total. The molecule has 1 fully saturated rings. The number of hydrogen-bond donors (Lipinski definition) is 1. The first-order valence-electron chi connectivity index (χ1n) is 7.06. The van der Waals surface area contributed by atoms with Gasteiger partial charge >= 0.3 is 0 Å². The van der Waals surface area contributed by atoms with Crippen LogP contribution in [0.4, 0.5) is 0 Å². The third kappa shape index (κ3) is 3.98. The Balaban J connectivity index is 1.73. The number of nitrogens with one attached hydrogen (secondary N) is 1. The summed E-state index contributed by atoms with van der Waals surface area (Å²) in [6.07, 6.45) is 2.92. The molecule has 0 heterocycles. The van der Waals surface area contributed by atoms with Gasteiger partial charge in [0, 0.05) is 6.04 Å². The highest BCUT2D eigenvalue weighted by molar-refractivity contribution is 5.76. The Morgan fingerprint density at radius 3 is 2.84 bits per heavy atom. The van der Waals surface area contributed by atoms with E-state index in [0.29, 0.717) is 25.0 Å². The first-order chi connectivity index (χ1) is 9.08. The molecule has 1 aliphatic carbocycles. The Morgan fingerprint density at radius 1 is 1.42 bits per heavy atom. The number of hydrogen-bond acceptors (Lipinski definition) is 2. The highest BCUT2D eigenvalue weighted by Crippen LogP contribution is 2.32. The topological polar surface area (TPSA) is 38.3 Å². The fraction of sp³-hybridized carbons (Fsp3) is 0.562. The maximum Gasteiger partial charge on any atom is 0.223 e. The van der Waals surface area contributed by atoms with Crippen LogP contribution in [0.3, 0.4) is 0 Å². The second-order valence-corrected chi connectivity index (χ2v) is 5.49. The average molecular weight is 261 g/mol. The van der Waals surface area contributed by atoms with Gasteiger partial charge in [0.05, 0.1) is 13.0 Å². The van der Waals surface area contributed by atoms with Crippen LogP contribution in [0.5, 0.6) is 5.75 Å². The second-order valence-electron chi connectivity index (χ2n) is 5.49. The number of carbonyl (C=O) groups is 1. The summed E-state index contributed by atoms with van der Waals surface area (Å²) in [5.74, 6) is 1.66. The first kappa shape index (κ1) is 13.9. The van der Waals surface area contributed by atoms with Crippen LogP contribution in [-0.2, 0) is 4.79 Å². The van der Waals surface area contributed by atoms with Crippen LogP contribution >= 0.6 is 0 Å². The standard InChI is InChI=1S/C16H23NO2/c1-11-5-4-6-15(12(11)2)19-10-9-16(18)17-13(3)14-7-8-14/h4-6,13-14H,7-10H2,1-3H3,(H,17,18). The molecule has 0 radical (unpaired) electrons. The van der Waals surface area contributed by atoms with E-state index in [-0.39, 0.29) is 5.91 Å². The van der Waals surface area contributed by atoms with Gasteiger partial charge in [0.25, 0.3) is 0 Å². The van der Waals surface area contributed by atoms with Crippen LogP contribution in [-0.4, -0.2) is 18.6 Å². The van der Waals surface area contributed by atoms with Crippen molar-refractivity contribution in [3.05, 3.63) is 29.3 Å². The number of ether oxygens (including phenoxy) is 1. The largest absolute Gasteiger partial charge is 0.493 e. The SMILES string of the molecule is Cc1cccc(OCCC(=O)NC(C)C2CC2)c1C. The zero-order chi connectivity index (χ0) is 13.8. The van der Waals surface area contributed by atoms with Crippen molar-refractivity contribution in [3.8, 4) is 5.75 Å². The number of carbonyl (C=O) groups excluding carboxylic acids is 1. The summed E-state index contributed by atoms with van der Waals surface area (Å²) in [7, 11) is 0. The van der Waals surface area contributed by atoms with E-state index in [1.165, 1.54) is 18.4 Å². The molecule has 1 unspecified atom stereocenters. The zero-order valence-corrected chi connectivity index (χ0v) is 12.0. The van der Waals surface area contributed by atoms with Crippen molar-refractivity contribution in [3.63, 3.8) is 0 Å². The Kier molecular flexibility index (Phi) is 4.46. The molecule has 1 aromatic carbocycles. The van der Waals surface area contributed by atoms with Crippen LogP contribution in [0.1, 0.15) is 37.3 Å². The Morgan fingerprint density at radius 2 is 2.16 bits per heavy atom. The van der Waals surface area contributed by atoms with Crippen molar-refractivity contribution < 1.29 is 9.53 Å². The molecule has 19 heavy (non-hydrogen) atoms. The minimum atomic E-state index is 0.0877. The average Bonchev–Trinajstić information content (AvgIpc) is 3.18. The van der Waals surface area contributed by atoms with E-state index in [0.717, 1.165) is 11.3 Å². The lowest BCUT2D eigenvalue weighted by atomic mass is 10.1. The van der Waals surface area contributed by atoms with E-state index >= 15 is 0 Å². The van der Waals surface area contributed by atoms with Gasteiger partial charge in [-0.1, -0.05) is 12.1 Å². The second kappa shape index (κ2) is 6.09. The van der Waals surface area contributed by atoms with Gasteiger partial charge in [0.2, 0.25) is 5.91 Å². The van der Waals surface area contributed by atoms with Crippen LogP contribution in [0, 0.1) is 19.8 Å². The van der Waals surface area contributed by atoms with Gasteiger partial charge in [-0.15, -0.1) is 0 Å². The van der Waals surface area contributed by atoms with Crippen molar-refractivity contribution in [2.24, 2.45) is 5.92 Å². The predicted octanol–water partition coefficient (Wildman–Crippen LogP) is 2.99. The molecule has 0 aliphatic heterocycles. The summed E-state index contributed by atoms with van der Waals surface area (Å²) < 4.78 is 5.69. The lowest BCUT2D eigenvalue weighted by Gasteiger charge is -2.14. The van der Waals surface area contributed by atoms with E-state index < -0.39 is 0 Å². The first-order valence-corrected chi connectivity index (χ1v) is 7.06. The molecule has 3 nitrogen and oxygen atoms in total. The summed E-state index contributed by atoms with van der Waals surface area (Å²) in [5, 5.41) is 3.04. The predicted molar refractivity (Wildman–Crippen MR) is 76.4 cm³/mol. The highest BCUT2D eigenvalue weighted by Gasteiger charge is 2.28. The molecule has 1 atom stereocenters. The third-order valence-corrected chi connectivity index (χ3v) is 3.86. The zero-order valence-electron chi connectivity index (χ0n) is 12.0. The summed E-state index contributed by atoms with van der Waals surface area (Å²) in [6, 6.07) is 6.31. The van der Waals surface area contributed by atoms with Crippen molar-refractivity contribution >= 4 is 5.91 Å². The van der Waals surface area contributed by atoms with Gasteiger partial charge in [-0.05, 0) is 56.7 Å². The van der Waals surface area contributed by atoms with Gasteiger partial charge in [-0.3, -0.25) is 4.79 Å². The lowest BCUT2D eigenvalue weighted by molar-refractivity contribution is -0.122. The molecular weight excluding hydrogens is 238 g/mol. The van der Waals surface area contributed by atoms with Crippen molar-refractivity contribution in [1.29, 1.82) is 0 Å². The normalized spacial score (nSPS) is 15.9. The molecule has 1 saturated carbocycles. The third-order valence-electron chi connectivity index (χ3n) is 3.86. The molecule has 0 bridgehead atoms. The Labute approximate surface area is 115 Å². The van der Waals surface area contributed by atoms with E-state index in [1.54, 1.807) is 0 Å². The maximum atomic E-state index is 11.7. The van der Waals surface area contributed by atoms with Crippen molar-refractivity contribution in [2.45, 2.75) is 46.1 Å². The minimum Gasteiger partial charge on any atom is -0.493 e. The summed E-state index contributed by atoms with van der Waals surface area (Å²) >= 11 is 0. The molecule has 1 amide bonds. The fourth-order valence-corrected chi connectivity index (χ4v) is 2.17. The lowest BCUT2D eigenvalue weighted by Crippen LogP contribution is -2.34. The molecule has 0 spiro atoms. The number of amides is 1. The molecule has 0 aromatic heterocycles. The minimum absolute atomic E-state index is 0.0877. The van der Waals surface area contributed by atoms with E-state index in [2.05, 4.69) is 25.2 Å². The van der Waals surface area contributed by atoms with Crippen molar-refractivity contribution in [1.82, 2.24) is 5.32 Å². The van der Waals surface area contributed by atoms with Crippen LogP contribution in [0.15, 0.2) is 18.2 Å². The van der Waals surface area contributed by atoms with Gasteiger partial charge in [-0.2, -0.15) is 0 Å². The maximum absolute atomic E-state index is 11.7. The van der Waals surface area contributed by atoms with E-state index in [4.69, 9.17) is 4.74 Å². The van der Waals surface area contributed by atoms with E-state index in [9.17, 15) is 4.79 Å². The van der Waals surface area contributed by atoms with Gasteiger partial charge in [0.15, 0.2) is 0 Å². The highest BCUT2D eigenvalue weighted by atomic mass is 16.5. The molecule has 2 rings (SSSR count). The quantitative estimate of drug-likeness (QED) is 0.855.